The Labute approximate surface area is 129 Å². The molecule has 1 heterocycles. The number of piperazine rings is 1. The molecule has 7 heteroatoms. The second kappa shape index (κ2) is 8.12. The molecule has 1 aromatic carbocycles. The lowest BCUT2D eigenvalue weighted by atomic mass is 10.0. The van der Waals surface area contributed by atoms with Crippen molar-refractivity contribution in [1.82, 2.24) is 10.2 Å². The fourth-order valence-corrected chi connectivity index (χ4v) is 2.38. The average molecular weight is 332 g/mol. The summed E-state index contributed by atoms with van der Waals surface area (Å²) in [5.74, 6) is -0.949. The van der Waals surface area contributed by atoms with Gasteiger partial charge < -0.3 is 10.4 Å². The van der Waals surface area contributed by atoms with Crippen molar-refractivity contribution in [1.29, 1.82) is 0 Å². The number of hydrogen-bond acceptors (Lipinski definition) is 3. The molecule has 0 aliphatic carbocycles. The summed E-state index contributed by atoms with van der Waals surface area (Å²) in [4.78, 5) is 2.20. The molecule has 19 heavy (non-hydrogen) atoms. The molecular weight excluding hydrogens is 314 g/mol. The number of nitrogens with one attached hydrogen (secondary N) is 1. The Morgan fingerprint density at radius 3 is 2.47 bits per heavy atom. The van der Waals surface area contributed by atoms with Gasteiger partial charge in [-0.1, -0.05) is 11.6 Å². The Morgan fingerprint density at radius 2 is 1.89 bits per heavy atom. The van der Waals surface area contributed by atoms with Crippen LogP contribution >= 0.6 is 36.4 Å². The Hall–Kier alpha value is -0.260. The summed E-state index contributed by atoms with van der Waals surface area (Å²) in [7, 11) is 0. The Morgan fingerprint density at radius 1 is 1.32 bits per heavy atom. The molecule has 0 bridgehead atoms. The molecule has 110 valence electrons. The van der Waals surface area contributed by atoms with Gasteiger partial charge in [-0.05, 0) is 19.1 Å². The highest BCUT2D eigenvalue weighted by atomic mass is 35.5. The molecule has 1 saturated heterocycles. The van der Waals surface area contributed by atoms with Crippen LogP contribution in [0.5, 0.6) is 5.75 Å². The second-order valence-electron chi connectivity index (χ2n) is 4.29. The minimum atomic E-state index is -0.658. The van der Waals surface area contributed by atoms with Crippen molar-refractivity contribution in [3.05, 3.63) is 28.5 Å². The third kappa shape index (κ3) is 4.36. The van der Waals surface area contributed by atoms with Crippen LogP contribution in [0.1, 0.15) is 18.5 Å². The van der Waals surface area contributed by atoms with E-state index in [1.54, 1.807) is 6.07 Å². The van der Waals surface area contributed by atoms with Gasteiger partial charge in [0.25, 0.3) is 0 Å². The number of benzene rings is 1. The first-order chi connectivity index (χ1) is 8.09. The molecule has 0 radical (unpaired) electrons. The van der Waals surface area contributed by atoms with Gasteiger partial charge in [-0.3, -0.25) is 4.90 Å². The van der Waals surface area contributed by atoms with E-state index in [0.717, 1.165) is 32.2 Å². The molecule has 3 nitrogen and oxygen atoms in total. The normalized spacial score (nSPS) is 17.2. The van der Waals surface area contributed by atoms with Crippen molar-refractivity contribution in [2.75, 3.05) is 26.2 Å². The van der Waals surface area contributed by atoms with Crippen LogP contribution in [-0.4, -0.2) is 36.2 Å². The van der Waals surface area contributed by atoms with Gasteiger partial charge >= 0.3 is 0 Å². The summed E-state index contributed by atoms with van der Waals surface area (Å²) in [5.41, 5.74) is 0.553. The molecule has 0 unspecified atom stereocenters. The quantitative estimate of drug-likeness (QED) is 0.874. The largest absolute Gasteiger partial charge is 0.505 e. The van der Waals surface area contributed by atoms with Crippen molar-refractivity contribution >= 4 is 36.4 Å². The molecule has 2 N–H and O–H groups in total. The van der Waals surface area contributed by atoms with Crippen LogP contribution in [0.3, 0.4) is 0 Å². The third-order valence-corrected chi connectivity index (χ3v) is 3.43. The number of phenolic OH excluding ortho intramolecular Hbond substituents is 1. The second-order valence-corrected chi connectivity index (χ2v) is 4.72. The van der Waals surface area contributed by atoms with E-state index in [-0.39, 0.29) is 36.6 Å². The number of rotatable bonds is 2. The van der Waals surface area contributed by atoms with Crippen LogP contribution in [-0.2, 0) is 0 Å². The van der Waals surface area contributed by atoms with Crippen LogP contribution in [0.4, 0.5) is 4.39 Å². The number of halogens is 4. The molecular formula is C12H18Cl3FN2O. The smallest absolute Gasteiger partial charge is 0.166 e. The van der Waals surface area contributed by atoms with E-state index < -0.39 is 5.82 Å². The molecule has 0 saturated carbocycles. The summed E-state index contributed by atoms with van der Waals surface area (Å²) in [6.07, 6.45) is 0. The number of aromatic hydroxyl groups is 1. The van der Waals surface area contributed by atoms with Gasteiger partial charge in [0.2, 0.25) is 0 Å². The molecule has 0 spiro atoms. The molecule has 1 aliphatic heterocycles. The fraction of sp³-hybridized carbons (Fsp3) is 0.500. The Bertz CT molecular complexity index is 414. The van der Waals surface area contributed by atoms with Gasteiger partial charge in [0.15, 0.2) is 11.6 Å². The third-order valence-electron chi connectivity index (χ3n) is 3.21. The lowest BCUT2D eigenvalue weighted by Crippen LogP contribution is -2.44. The maximum Gasteiger partial charge on any atom is 0.166 e. The van der Waals surface area contributed by atoms with Crippen molar-refractivity contribution in [2.45, 2.75) is 13.0 Å². The van der Waals surface area contributed by atoms with E-state index in [0.29, 0.717) is 10.6 Å². The zero-order chi connectivity index (χ0) is 12.4. The number of nitrogens with zero attached hydrogens (tertiary/aromatic N) is 1. The topological polar surface area (TPSA) is 35.5 Å². The van der Waals surface area contributed by atoms with Crippen molar-refractivity contribution in [3.63, 3.8) is 0 Å². The summed E-state index contributed by atoms with van der Waals surface area (Å²) < 4.78 is 13.4. The maximum absolute atomic E-state index is 13.4. The SMILES string of the molecule is C[C@H](c1cc(Cl)cc(F)c1O)N1CCNCC1.Cl.Cl. The first-order valence-electron chi connectivity index (χ1n) is 5.72. The molecule has 1 aliphatic rings. The van der Waals surface area contributed by atoms with E-state index in [2.05, 4.69) is 10.2 Å². The predicted molar refractivity (Wildman–Crippen MR) is 80.4 cm³/mol. The predicted octanol–water partition coefficient (Wildman–Crippen LogP) is 2.99. The van der Waals surface area contributed by atoms with Crippen LogP contribution in [0.2, 0.25) is 5.02 Å². The number of hydrogen-bond donors (Lipinski definition) is 2. The van der Waals surface area contributed by atoms with E-state index in [4.69, 9.17) is 11.6 Å². The highest BCUT2D eigenvalue weighted by molar-refractivity contribution is 6.30. The lowest BCUT2D eigenvalue weighted by Gasteiger charge is -2.33. The minimum absolute atomic E-state index is 0. The molecule has 2 rings (SSSR count). The zero-order valence-electron chi connectivity index (χ0n) is 10.5. The lowest BCUT2D eigenvalue weighted by molar-refractivity contribution is 0.182. The van der Waals surface area contributed by atoms with Gasteiger partial charge in [0, 0.05) is 42.8 Å². The Balaban J connectivity index is 0.00000162. The van der Waals surface area contributed by atoms with Gasteiger partial charge in [-0.25, -0.2) is 4.39 Å². The summed E-state index contributed by atoms with van der Waals surface area (Å²) in [6, 6.07) is 2.72. The van der Waals surface area contributed by atoms with E-state index in [1.807, 2.05) is 6.92 Å². The molecule has 1 fully saturated rings. The first kappa shape index (κ1) is 18.7. The maximum atomic E-state index is 13.4. The van der Waals surface area contributed by atoms with E-state index in [9.17, 15) is 9.50 Å². The highest BCUT2D eigenvalue weighted by Crippen LogP contribution is 2.33. The summed E-state index contributed by atoms with van der Waals surface area (Å²) in [6.45, 7) is 5.54. The highest BCUT2D eigenvalue weighted by Gasteiger charge is 2.22. The van der Waals surface area contributed by atoms with Crippen LogP contribution < -0.4 is 5.32 Å². The van der Waals surface area contributed by atoms with Crippen molar-refractivity contribution < 1.29 is 9.50 Å². The van der Waals surface area contributed by atoms with Gasteiger partial charge in [0.1, 0.15) is 0 Å². The standard InChI is InChI=1S/C12H16ClFN2O.2ClH/c1-8(16-4-2-15-3-5-16)10-6-9(13)7-11(14)12(10)17;;/h6-8,15,17H,2-5H2,1H3;2*1H/t8-;;/m1../s1. The minimum Gasteiger partial charge on any atom is -0.505 e. The van der Waals surface area contributed by atoms with E-state index >= 15 is 0 Å². The number of phenols is 1. The average Bonchev–Trinajstić information content (AvgIpc) is 2.34. The van der Waals surface area contributed by atoms with Gasteiger partial charge in [0.05, 0.1) is 0 Å². The van der Waals surface area contributed by atoms with Crippen molar-refractivity contribution in [2.24, 2.45) is 0 Å². The molecule has 1 aromatic rings. The van der Waals surface area contributed by atoms with E-state index in [1.165, 1.54) is 0 Å². The van der Waals surface area contributed by atoms with Crippen LogP contribution in [0, 0.1) is 5.82 Å². The van der Waals surface area contributed by atoms with Crippen LogP contribution in [0.25, 0.3) is 0 Å². The van der Waals surface area contributed by atoms with Gasteiger partial charge in [-0.2, -0.15) is 0 Å². The summed E-state index contributed by atoms with van der Waals surface area (Å²) in [5, 5.41) is 13.3. The molecule has 1 atom stereocenters. The van der Waals surface area contributed by atoms with Crippen LogP contribution in [0.15, 0.2) is 12.1 Å². The molecule has 0 amide bonds. The molecule has 0 aromatic heterocycles. The fourth-order valence-electron chi connectivity index (χ4n) is 2.17. The Kier molecular flexibility index (Phi) is 8.01. The zero-order valence-corrected chi connectivity index (χ0v) is 12.9. The first-order valence-corrected chi connectivity index (χ1v) is 6.10. The van der Waals surface area contributed by atoms with Crippen molar-refractivity contribution in [3.8, 4) is 5.75 Å². The van der Waals surface area contributed by atoms with Gasteiger partial charge in [-0.15, -0.1) is 24.8 Å². The monoisotopic (exact) mass is 330 g/mol. The summed E-state index contributed by atoms with van der Waals surface area (Å²) >= 11 is 5.82.